The number of piperidine rings is 1. The van der Waals surface area contributed by atoms with E-state index in [0.29, 0.717) is 0 Å². The molecule has 0 spiro atoms. The highest BCUT2D eigenvalue weighted by Crippen LogP contribution is 2.22. The molecule has 2 heterocycles. The van der Waals surface area contributed by atoms with Crippen LogP contribution in [-0.2, 0) is 6.54 Å². The van der Waals surface area contributed by atoms with Gasteiger partial charge in [0.25, 0.3) is 0 Å². The molecule has 1 fully saturated rings. The fourth-order valence-corrected chi connectivity index (χ4v) is 2.19. The lowest BCUT2D eigenvalue weighted by atomic mass is 10.1. The molecule has 1 aliphatic rings. The Morgan fingerprint density at radius 3 is 2.87 bits per heavy atom. The molecule has 1 aromatic heterocycles. The first-order valence-corrected chi connectivity index (χ1v) is 5.74. The minimum absolute atomic E-state index is 0.902. The van der Waals surface area contributed by atoms with Crippen LogP contribution in [0.1, 0.15) is 24.8 Å². The topological polar surface area (TPSA) is 28.2 Å². The number of aromatic nitrogens is 1. The predicted molar refractivity (Wildman–Crippen MR) is 63.1 cm³/mol. The second kappa shape index (κ2) is 5.12. The van der Waals surface area contributed by atoms with Gasteiger partial charge in [0.05, 0.1) is 0 Å². The van der Waals surface area contributed by atoms with Crippen LogP contribution in [-0.4, -0.2) is 25.1 Å². The molecule has 0 unspecified atom stereocenters. The predicted octanol–water partition coefficient (Wildman–Crippen LogP) is 1.79. The molecule has 1 aromatic rings. The van der Waals surface area contributed by atoms with Crippen molar-refractivity contribution in [2.75, 3.05) is 25.0 Å². The van der Waals surface area contributed by atoms with E-state index in [0.717, 1.165) is 6.54 Å². The summed E-state index contributed by atoms with van der Waals surface area (Å²) in [4.78, 5) is 6.68. The van der Waals surface area contributed by atoms with Crippen LogP contribution in [0, 0.1) is 0 Å². The van der Waals surface area contributed by atoms with Crippen molar-refractivity contribution in [3.05, 3.63) is 24.0 Å². The Kier molecular flexibility index (Phi) is 3.56. The normalized spacial score (nSPS) is 16.7. The first kappa shape index (κ1) is 10.4. The third-order valence-electron chi connectivity index (χ3n) is 2.94. The number of hydrogen-bond acceptors (Lipinski definition) is 3. The summed E-state index contributed by atoms with van der Waals surface area (Å²) in [6.45, 7) is 3.29. The van der Waals surface area contributed by atoms with Gasteiger partial charge in [-0.25, -0.2) is 0 Å². The van der Waals surface area contributed by atoms with Crippen LogP contribution in [0.4, 0.5) is 5.69 Å². The van der Waals surface area contributed by atoms with Crippen molar-refractivity contribution >= 4 is 5.69 Å². The average molecular weight is 205 g/mol. The Bertz CT molecular complexity index is 305. The van der Waals surface area contributed by atoms with Gasteiger partial charge in [0.15, 0.2) is 0 Å². The molecule has 0 bridgehead atoms. The minimum Gasteiger partial charge on any atom is -0.371 e. The maximum Gasteiger partial charge on any atom is 0.0442 e. The molecule has 1 aliphatic heterocycles. The summed E-state index contributed by atoms with van der Waals surface area (Å²) in [5, 5.41) is 3.20. The van der Waals surface area contributed by atoms with E-state index in [4.69, 9.17) is 0 Å². The average Bonchev–Trinajstić information content (AvgIpc) is 2.31. The first-order valence-electron chi connectivity index (χ1n) is 5.74. The lowest BCUT2D eigenvalue weighted by Gasteiger charge is -2.30. The number of nitrogens with zero attached hydrogens (tertiary/aromatic N) is 2. The van der Waals surface area contributed by atoms with E-state index in [-0.39, 0.29) is 0 Å². The van der Waals surface area contributed by atoms with Crippen LogP contribution in [0.3, 0.4) is 0 Å². The number of pyridine rings is 1. The smallest absolute Gasteiger partial charge is 0.0442 e. The van der Waals surface area contributed by atoms with Crippen LogP contribution in [0.25, 0.3) is 0 Å². The highest BCUT2D eigenvalue weighted by Gasteiger charge is 2.13. The van der Waals surface area contributed by atoms with E-state index < -0.39 is 0 Å². The quantitative estimate of drug-likeness (QED) is 0.815. The van der Waals surface area contributed by atoms with Gasteiger partial charge in [-0.1, -0.05) is 0 Å². The molecule has 15 heavy (non-hydrogen) atoms. The van der Waals surface area contributed by atoms with E-state index in [2.05, 4.69) is 21.3 Å². The summed E-state index contributed by atoms with van der Waals surface area (Å²) in [5.41, 5.74) is 2.67. The molecule has 0 amide bonds. The Morgan fingerprint density at radius 2 is 2.13 bits per heavy atom. The number of hydrogen-bond donors (Lipinski definition) is 1. The van der Waals surface area contributed by atoms with Crippen LogP contribution in [0.5, 0.6) is 0 Å². The summed E-state index contributed by atoms with van der Waals surface area (Å²) in [5.74, 6) is 0. The van der Waals surface area contributed by atoms with Crippen LogP contribution < -0.4 is 10.2 Å². The Balaban J connectivity index is 2.17. The van der Waals surface area contributed by atoms with Gasteiger partial charge < -0.3 is 10.2 Å². The standard InChI is InChI=1S/C12H19N3/c1-13-9-11-10-14-6-5-12(11)15-7-3-2-4-8-15/h5-6,10,13H,2-4,7-9H2,1H3. The molecule has 1 N–H and O–H groups in total. The van der Waals surface area contributed by atoms with Gasteiger partial charge in [0, 0.05) is 43.3 Å². The van der Waals surface area contributed by atoms with Crippen LogP contribution in [0.2, 0.25) is 0 Å². The van der Waals surface area contributed by atoms with E-state index in [1.54, 1.807) is 0 Å². The summed E-state index contributed by atoms with van der Waals surface area (Å²) in [6.07, 6.45) is 7.88. The van der Waals surface area contributed by atoms with Gasteiger partial charge in [-0.05, 0) is 32.4 Å². The third-order valence-corrected chi connectivity index (χ3v) is 2.94. The van der Waals surface area contributed by atoms with Crippen molar-refractivity contribution in [1.82, 2.24) is 10.3 Å². The largest absolute Gasteiger partial charge is 0.371 e. The van der Waals surface area contributed by atoms with Crippen molar-refractivity contribution in [1.29, 1.82) is 0 Å². The zero-order chi connectivity index (χ0) is 10.5. The molecule has 2 rings (SSSR count). The molecule has 1 saturated heterocycles. The molecular weight excluding hydrogens is 186 g/mol. The highest BCUT2D eigenvalue weighted by molar-refractivity contribution is 5.52. The van der Waals surface area contributed by atoms with Crippen molar-refractivity contribution in [3.8, 4) is 0 Å². The zero-order valence-corrected chi connectivity index (χ0v) is 9.37. The molecule has 3 heteroatoms. The summed E-state index contributed by atoms with van der Waals surface area (Å²) < 4.78 is 0. The van der Waals surface area contributed by atoms with Gasteiger partial charge in [-0.3, -0.25) is 4.98 Å². The van der Waals surface area contributed by atoms with E-state index in [9.17, 15) is 0 Å². The van der Waals surface area contributed by atoms with Gasteiger partial charge >= 0.3 is 0 Å². The molecule has 0 saturated carbocycles. The summed E-state index contributed by atoms with van der Waals surface area (Å²) in [6, 6.07) is 2.14. The minimum atomic E-state index is 0.902. The van der Waals surface area contributed by atoms with E-state index >= 15 is 0 Å². The first-order chi connectivity index (χ1) is 7.42. The fourth-order valence-electron chi connectivity index (χ4n) is 2.19. The van der Waals surface area contributed by atoms with Gasteiger partial charge in [0.2, 0.25) is 0 Å². The van der Waals surface area contributed by atoms with Crippen molar-refractivity contribution in [3.63, 3.8) is 0 Å². The summed E-state index contributed by atoms with van der Waals surface area (Å²) in [7, 11) is 1.98. The summed E-state index contributed by atoms with van der Waals surface area (Å²) >= 11 is 0. The lowest BCUT2D eigenvalue weighted by Crippen LogP contribution is -2.30. The van der Waals surface area contributed by atoms with Crippen molar-refractivity contribution in [2.45, 2.75) is 25.8 Å². The molecule has 0 radical (unpaired) electrons. The van der Waals surface area contributed by atoms with Crippen LogP contribution in [0.15, 0.2) is 18.5 Å². The second-order valence-electron chi connectivity index (χ2n) is 4.08. The maximum absolute atomic E-state index is 4.19. The molecule has 0 atom stereocenters. The van der Waals surface area contributed by atoms with Crippen LogP contribution >= 0.6 is 0 Å². The lowest BCUT2D eigenvalue weighted by molar-refractivity contribution is 0.575. The zero-order valence-electron chi connectivity index (χ0n) is 9.37. The fraction of sp³-hybridized carbons (Fsp3) is 0.583. The Hall–Kier alpha value is -1.09. The Labute approximate surface area is 91.5 Å². The monoisotopic (exact) mass is 205 g/mol. The molecular formula is C12H19N3. The SMILES string of the molecule is CNCc1cnccc1N1CCCCC1. The van der Waals surface area contributed by atoms with E-state index in [1.807, 2.05) is 19.4 Å². The van der Waals surface area contributed by atoms with Crippen molar-refractivity contribution < 1.29 is 0 Å². The molecule has 3 nitrogen and oxygen atoms in total. The number of nitrogens with one attached hydrogen (secondary N) is 1. The second-order valence-corrected chi connectivity index (χ2v) is 4.08. The molecule has 0 aromatic carbocycles. The van der Waals surface area contributed by atoms with Gasteiger partial charge in [0.1, 0.15) is 0 Å². The highest BCUT2D eigenvalue weighted by atomic mass is 15.1. The maximum atomic E-state index is 4.19. The molecule has 82 valence electrons. The molecule has 0 aliphatic carbocycles. The third kappa shape index (κ3) is 2.48. The van der Waals surface area contributed by atoms with Gasteiger partial charge in [-0.2, -0.15) is 0 Å². The van der Waals surface area contributed by atoms with E-state index in [1.165, 1.54) is 43.6 Å². The number of anilines is 1. The van der Waals surface area contributed by atoms with Crippen molar-refractivity contribution in [2.24, 2.45) is 0 Å². The number of rotatable bonds is 3. The Morgan fingerprint density at radius 1 is 1.33 bits per heavy atom. The van der Waals surface area contributed by atoms with Gasteiger partial charge in [-0.15, -0.1) is 0 Å².